The van der Waals surface area contributed by atoms with E-state index in [9.17, 15) is 0 Å². The Hall–Kier alpha value is -0.980. The molecule has 0 radical (unpaired) electrons. The van der Waals surface area contributed by atoms with Gasteiger partial charge in [0.2, 0.25) is 0 Å². The molecule has 16 heavy (non-hydrogen) atoms. The molecule has 1 aromatic carbocycles. The SMILES string of the molecule is CC(C)[C@H]1CCC[C@H](Nc2ccccc2)C1. The Kier molecular flexibility index (Phi) is 3.87. The highest BCUT2D eigenvalue weighted by atomic mass is 14.9. The maximum Gasteiger partial charge on any atom is 0.0342 e. The number of para-hydroxylation sites is 1. The standard InChI is InChI=1S/C15H23N/c1-12(2)13-7-6-10-15(11-13)16-14-8-4-3-5-9-14/h3-5,8-9,12-13,15-16H,6-7,10-11H2,1-2H3/t13-,15-/m0/s1. The molecule has 0 spiro atoms. The summed E-state index contributed by atoms with van der Waals surface area (Å²) in [5.41, 5.74) is 1.27. The first-order valence-corrected chi connectivity index (χ1v) is 6.57. The molecular weight excluding hydrogens is 194 g/mol. The van der Waals surface area contributed by atoms with E-state index in [1.165, 1.54) is 31.4 Å². The van der Waals surface area contributed by atoms with Gasteiger partial charge < -0.3 is 5.32 Å². The molecule has 1 fully saturated rings. The third-order valence-electron chi connectivity index (χ3n) is 3.80. The molecular formula is C15H23N. The quantitative estimate of drug-likeness (QED) is 0.795. The monoisotopic (exact) mass is 217 g/mol. The number of nitrogens with one attached hydrogen (secondary N) is 1. The molecule has 0 aromatic heterocycles. The number of anilines is 1. The van der Waals surface area contributed by atoms with Gasteiger partial charge in [0.05, 0.1) is 0 Å². The van der Waals surface area contributed by atoms with Crippen molar-refractivity contribution >= 4 is 5.69 Å². The minimum Gasteiger partial charge on any atom is -0.382 e. The number of benzene rings is 1. The van der Waals surface area contributed by atoms with Gasteiger partial charge in [0, 0.05) is 11.7 Å². The van der Waals surface area contributed by atoms with Gasteiger partial charge in [-0.25, -0.2) is 0 Å². The molecule has 0 aliphatic heterocycles. The van der Waals surface area contributed by atoms with Crippen molar-refractivity contribution in [3.63, 3.8) is 0 Å². The van der Waals surface area contributed by atoms with E-state index < -0.39 is 0 Å². The zero-order valence-corrected chi connectivity index (χ0v) is 10.4. The van der Waals surface area contributed by atoms with Crippen molar-refractivity contribution in [1.82, 2.24) is 0 Å². The second kappa shape index (κ2) is 5.38. The van der Waals surface area contributed by atoms with E-state index >= 15 is 0 Å². The van der Waals surface area contributed by atoms with Gasteiger partial charge in [-0.1, -0.05) is 44.9 Å². The second-order valence-corrected chi connectivity index (χ2v) is 5.38. The first-order valence-electron chi connectivity index (χ1n) is 6.57. The van der Waals surface area contributed by atoms with Crippen molar-refractivity contribution in [2.24, 2.45) is 11.8 Å². The summed E-state index contributed by atoms with van der Waals surface area (Å²) in [6.45, 7) is 4.71. The van der Waals surface area contributed by atoms with Crippen molar-refractivity contribution in [2.45, 2.75) is 45.6 Å². The van der Waals surface area contributed by atoms with Crippen LogP contribution in [-0.4, -0.2) is 6.04 Å². The Bertz CT molecular complexity index is 304. The molecule has 1 heteroatoms. The Morgan fingerprint density at radius 2 is 1.88 bits per heavy atom. The summed E-state index contributed by atoms with van der Waals surface area (Å²) < 4.78 is 0. The van der Waals surface area contributed by atoms with E-state index in [1.807, 2.05) is 0 Å². The lowest BCUT2D eigenvalue weighted by molar-refractivity contribution is 0.264. The summed E-state index contributed by atoms with van der Waals surface area (Å²) in [4.78, 5) is 0. The van der Waals surface area contributed by atoms with Crippen LogP contribution in [0.2, 0.25) is 0 Å². The van der Waals surface area contributed by atoms with Crippen molar-refractivity contribution in [2.75, 3.05) is 5.32 Å². The lowest BCUT2D eigenvalue weighted by Crippen LogP contribution is -2.29. The maximum absolute atomic E-state index is 3.67. The Morgan fingerprint density at radius 3 is 2.56 bits per heavy atom. The van der Waals surface area contributed by atoms with Crippen molar-refractivity contribution in [1.29, 1.82) is 0 Å². The smallest absolute Gasteiger partial charge is 0.0342 e. The zero-order valence-electron chi connectivity index (χ0n) is 10.4. The lowest BCUT2D eigenvalue weighted by Gasteiger charge is -2.32. The molecule has 1 saturated carbocycles. The molecule has 0 saturated heterocycles. The molecule has 2 atom stereocenters. The first kappa shape index (κ1) is 11.5. The van der Waals surface area contributed by atoms with Crippen LogP contribution < -0.4 is 5.32 Å². The van der Waals surface area contributed by atoms with Crippen LogP contribution in [-0.2, 0) is 0 Å². The third-order valence-corrected chi connectivity index (χ3v) is 3.80. The second-order valence-electron chi connectivity index (χ2n) is 5.38. The van der Waals surface area contributed by atoms with Gasteiger partial charge in [-0.2, -0.15) is 0 Å². The van der Waals surface area contributed by atoms with Crippen molar-refractivity contribution < 1.29 is 0 Å². The molecule has 1 nitrogen and oxygen atoms in total. The van der Waals surface area contributed by atoms with Crippen LogP contribution in [0, 0.1) is 11.8 Å². The first-order chi connectivity index (χ1) is 7.75. The summed E-state index contributed by atoms with van der Waals surface area (Å²) in [5, 5.41) is 3.67. The average Bonchev–Trinajstić information content (AvgIpc) is 2.30. The maximum atomic E-state index is 3.67. The third kappa shape index (κ3) is 3.01. The van der Waals surface area contributed by atoms with Gasteiger partial charge >= 0.3 is 0 Å². The highest BCUT2D eigenvalue weighted by molar-refractivity contribution is 5.43. The fraction of sp³-hybridized carbons (Fsp3) is 0.600. The predicted molar refractivity (Wildman–Crippen MR) is 70.6 cm³/mol. The highest BCUT2D eigenvalue weighted by Crippen LogP contribution is 2.31. The highest BCUT2D eigenvalue weighted by Gasteiger charge is 2.23. The van der Waals surface area contributed by atoms with E-state index in [0.717, 1.165) is 11.8 Å². The normalized spacial score (nSPS) is 25.7. The van der Waals surface area contributed by atoms with Gasteiger partial charge in [0.15, 0.2) is 0 Å². The van der Waals surface area contributed by atoms with Crippen LogP contribution >= 0.6 is 0 Å². The fourth-order valence-corrected chi connectivity index (χ4v) is 2.73. The number of hydrogen-bond acceptors (Lipinski definition) is 1. The Balaban J connectivity index is 1.90. The molecule has 0 amide bonds. The minimum absolute atomic E-state index is 0.684. The van der Waals surface area contributed by atoms with Crippen LogP contribution in [0.1, 0.15) is 39.5 Å². The summed E-state index contributed by atoms with van der Waals surface area (Å²) in [7, 11) is 0. The van der Waals surface area contributed by atoms with Gasteiger partial charge in [0.1, 0.15) is 0 Å². The van der Waals surface area contributed by atoms with Crippen LogP contribution in [0.4, 0.5) is 5.69 Å². The van der Waals surface area contributed by atoms with E-state index in [4.69, 9.17) is 0 Å². The summed E-state index contributed by atoms with van der Waals surface area (Å²) >= 11 is 0. The zero-order chi connectivity index (χ0) is 11.4. The molecule has 1 N–H and O–H groups in total. The van der Waals surface area contributed by atoms with Crippen molar-refractivity contribution in [3.05, 3.63) is 30.3 Å². The Morgan fingerprint density at radius 1 is 1.12 bits per heavy atom. The molecule has 1 aromatic rings. The van der Waals surface area contributed by atoms with Crippen LogP contribution in [0.3, 0.4) is 0 Å². The number of hydrogen-bond donors (Lipinski definition) is 1. The summed E-state index contributed by atoms with van der Waals surface area (Å²) in [5.74, 6) is 1.75. The topological polar surface area (TPSA) is 12.0 Å². The summed E-state index contributed by atoms with van der Waals surface area (Å²) in [6, 6.07) is 11.3. The predicted octanol–water partition coefficient (Wildman–Crippen LogP) is 4.31. The van der Waals surface area contributed by atoms with Gasteiger partial charge in [0.25, 0.3) is 0 Å². The van der Waals surface area contributed by atoms with Gasteiger partial charge in [-0.3, -0.25) is 0 Å². The molecule has 0 unspecified atom stereocenters. The van der Waals surface area contributed by atoms with E-state index in [1.54, 1.807) is 0 Å². The molecule has 2 rings (SSSR count). The summed E-state index contributed by atoms with van der Waals surface area (Å²) in [6.07, 6.45) is 5.47. The molecule has 0 bridgehead atoms. The van der Waals surface area contributed by atoms with E-state index in [-0.39, 0.29) is 0 Å². The van der Waals surface area contributed by atoms with Gasteiger partial charge in [-0.15, -0.1) is 0 Å². The lowest BCUT2D eigenvalue weighted by atomic mass is 9.79. The van der Waals surface area contributed by atoms with Crippen LogP contribution in [0.25, 0.3) is 0 Å². The average molecular weight is 217 g/mol. The number of rotatable bonds is 3. The molecule has 1 aliphatic carbocycles. The van der Waals surface area contributed by atoms with Crippen LogP contribution in [0.5, 0.6) is 0 Å². The van der Waals surface area contributed by atoms with Crippen LogP contribution in [0.15, 0.2) is 30.3 Å². The van der Waals surface area contributed by atoms with E-state index in [0.29, 0.717) is 6.04 Å². The molecule has 1 aliphatic rings. The van der Waals surface area contributed by atoms with Crippen molar-refractivity contribution in [3.8, 4) is 0 Å². The van der Waals surface area contributed by atoms with E-state index in [2.05, 4.69) is 49.5 Å². The van der Waals surface area contributed by atoms with Gasteiger partial charge in [-0.05, 0) is 36.8 Å². The Labute approximate surface area is 99.3 Å². The largest absolute Gasteiger partial charge is 0.382 e. The molecule has 88 valence electrons. The minimum atomic E-state index is 0.684. The molecule has 0 heterocycles. The fourth-order valence-electron chi connectivity index (χ4n) is 2.73.